The zero-order valence-electron chi connectivity index (χ0n) is 11.6. The van der Waals surface area contributed by atoms with Gasteiger partial charge in [-0.05, 0) is 24.8 Å². The second-order valence-corrected chi connectivity index (χ2v) is 5.63. The van der Waals surface area contributed by atoms with Crippen LogP contribution in [0.25, 0.3) is 0 Å². The fourth-order valence-electron chi connectivity index (χ4n) is 2.16. The van der Waals surface area contributed by atoms with Gasteiger partial charge in [-0.2, -0.15) is 0 Å². The van der Waals surface area contributed by atoms with Gasteiger partial charge in [0.05, 0.1) is 11.7 Å². The van der Waals surface area contributed by atoms with Crippen LogP contribution in [0.2, 0.25) is 0 Å². The fraction of sp³-hybridized carbons (Fsp3) is 0.400. The monoisotopic (exact) mass is 275 g/mol. The molecular formula is C15H21N3S. The number of allylic oxidation sites excluding steroid dienone is 1. The summed E-state index contributed by atoms with van der Waals surface area (Å²) in [5, 5.41) is 5.70. The molecule has 19 heavy (non-hydrogen) atoms. The predicted molar refractivity (Wildman–Crippen MR) is 82.8 cm³/mol. The van der Waals surface area contributed by atoms with Crippen LogP contribution in [0.4, 0.5) is 5.95 Å². The van der Waals surface area contributed by atoms with Gasteiger partial charge in [-0.1, -0.05) is 25.5 Å². The van der Waals surface area contributed by atoms with Crippen molar-refractivity contribution in [2.45, 2.75) is 39.3 Å². The molecule has 0 radical (unpaired) electrons. The number of hydrogen-bond acceptors (Lipinski definition) is 3. The van der Waals surface area contributed by atoms with Gasteiger partial charge in [0.1, 0.15) is 0 Å². The largest absolute Gasteiger partial charge is 0.348 e. The molecule has 0 aliphatic carbocycles. The third kappa shape index (κ3) is 3.47. The first-order valence-corrected chi connectivity index (χ1v) is 7.57. The second kappa shape index (κ2) is 6.57. The zero-order valence-corrected chi connectivity index (χ0v) is 12.4. The van der Waals surface area contributed by atoms with Gasteiger partial charge in [0.15, 0.2) is 0 Å². The van der Waals surface area contributed by atoms with Gasteiger partial charge in [-0.15, -0.1) is 17.9 Å². The Morgan fingerprint density at radius 2 is 2.42 bits per heavy atom. The summed E-state index contributed by atoms with van der Waals surface area (Å²) in [6.45, 7) is 8.81. The molecular weight excluding hydrogens is 254 g/mol. The van der Waals surface area contributed by atoms with E-state index in [0.717, 1.165) is 31.0 Å². The lowest BCUT2D eigenvalue weighted by Crippen LogP contribution is -2.13. The standard InChI is InChI=1S/C15H21N3S/c1-4-7-13(14-8-6-10-19-14)17-15-16-12(3)11-18(15)9-5-2/h5-6,8,10-11,13H,2,4,7,9H2,1,3H3,(H,16,17). The highest BCUT2D eigenvalue weighted by Crippen LogP contribution is 2.27. The van der Waals surface area contributed by atoms with E-state index >= 15 is 0 Å². The fourth-order valence-corrected chi connectivity index (χ4v) is 2.97. The first-order chi connectivity index (χ1) is 9.24. The van der Waals surface area contributed by atoms with Crippen molar-refractivity contribution in [1.29, 1.82) is 0 Å². The summed E-state index contributed by atoms with van der Waals surface area (Å²) in [7, 11) is 0. The number of hydrogen-bond donors (Lipinski definition) is 1. The molecule has 2 aromatic heterocycles. The summed E-state index contributed by atoms with van der Waals surface area (Å²) in [4.78, 5) is 5.94. The lowest BCUT2D eigenvalue weighted by Gasteiger charge is -2.18. The molecule has 0 saturated carbocycles. The molecule has 2 heterocycles. The van der Waals surface area contributed by atoms with Crippen LogP contribution in [-0.4, -0.2) is 9.55 Å². The number of nitrogens with one attached hydrogen (secondary N) is 1. The Bertz CT molecular complexity index is 513. The molecule has 102 valence electrons. The molecule has 0 aliphatic rings. The first-order valence-electron chi connectivity index (χ1n) is 6.69. The van der Waals surface area contributed by atoms with Gasteiger partial charge in [0.2, 0.25) is 5.95 Å². The van der Waals surface area contributed by atoms with Crippen LogP contribution in [0, 0.1) is 6.92 Å². The lowest BCUT2D eigenvalue weighted by atomic mass is 10.1. The number of aromatic nitrogens is 2. The maximum absolute atomic E-state index is 4.57. The SMILES string of the molecule is C=CCn1cc(C)nc1NC(CCC)c1cccs1. The van der Waals surface area contributed by atoms with Crippen molar-refractivity contribution in [3.05, 3.63) is 46.9 Å². The summed E-state index contributed by atoms with van der Waals surface area (Å²) < 4.78 is 2.11. The number of thiophene rings is 1. The molecule has 1 unspecified atom stereocenters. The Labute approximate surface area is 119 Å². The van der Waals surface area contributed by atoms with Crippen LogP contribution in [-0.2, 0) is 6.54 Å². The van der Waals surface area contributed by atoms with Gasteiger partial charge in [0.25, 0.3) is 0 Å². The van der Waals surface area contributed by atoms with E-state index in [1.165, 1.54) is 4.88 Å². The van der Waals surface area contributed by atoms with Gasteiger partial charge in [-0.25, -0.2) is 4.98 Å². The van der Waals surface area contributed by atoms with E-state index in [0.29, 0.717) is 6.04 Å². The number of rotatable bonds is 7. The van der Waals surface area contributed by atoms with Gasteiger partial charge < -0.3 is 9.88 Å². The highest BCUT2D eigenvalue weighted by molar-refractivity contribution is 7.10. The van der Waals surface area contributed by atoms with Crippen LogP contribution in [0.15, 0.2) is 36.4 Å². The maximum Gasteiger partial charge on any atom is 0.203 e. The summed E-state index contributed by atoms with van der Waals surface area (Å²) >= 11 is 1.80. The van der Waals surface area contributed by atoms with Crippen molar-refractivity contribution in [3.8, 4) is 0 Å². The molecule has 0 amide bonds. The van der Waals surface area contributed by atoms with Crippen LogP contribution in [0.1, 0.15) is 36.4 Å². The van der Waals surface area contributed by atoms with Crippen LogP contribution >= 0.6 is 11.3 Å². The van der Waals surface area contributed by atoms with Crippen molar-refractivity contribution in [3.63, 3.8) is 0 Å². The second-order valence-electron chi connectivity index (χ2n) is 4.65. The third-order valence-corrected chi connectivity index (χ3v) is 3.98. The molecule has 0 bridgehead atoms. The molecule has 0 aliphatic heterocycles. The molecule has 2 rings (SSSR count). The minimum Gasteiger partial charge on any atom is -0.348 e. The van der Waals surface area contributed by atoms with Crippen LogP contribution < -0.4 is 5.32 Å². The van der Waals surface area contributed by atoms with Crippen molar-refractivity contribution in [1.82, 2.24) is 9.55 Å². The lowest BCUT2D eigenvalue weighted by molar-refractivity contribution is 0.670. The molecule has 2 aromatic rings. The van der Waals surface area contributed by atoms with Crippen molar-refractivity contribution in [2.24, 2.45) is 0 Å². The number of anilines is 1. The van der Waals surface area contributed by atoms with E-state index < -0.39 is 0 Å². The Hall–Kier alpha value is -1.55. The topological polar surface area (TPSA) is 29.9 Å². The van der Waals surface area contributed by atoms with Crippen molar-refractivity contribution >= 4 is 17.3 Å². The molecule has 0 fully saturated rings. The van der Waals surface area contributed by atoms with E-state index in [2.05, 4.69) is 52.1 Å². The van der Waals surface area contributed by atoms with E-state index in [9.17, 15) is 0 Å². The Kier molecular flexibility index (Phi) is 4.80. The first kappa shape index (κ1) is 13.9. The number of nitrogens with zero attached hydrogens (tertiary/aromatic N) is 2. The molecule has 1 atom stereocenters. The van der Waals surface area contributed by atoms with E-state index in [1.807, 2.05) is 13.0 Å². The average Bonchev–Trinajstić information content (AvgIpc) is 3.00. The normalized spacial score (nSPS) is 12.3. The molecule has 0 aromatic carbocycles. The summed E-state index contributed by atoms with van der Waals surface area (Å²) in [5.41, 5.74) is 1.03. The predicted octanol–water partition coefficient (Wildman–Crippen LogP) is 4.39. The Morgan fingerprint density at radius 3 is 3.05 bits per heavy atom. The number of aryl methyl sites for hydroxylation is 1. The number of imidazole rings is 1. The van der Waals surface area contributed by atoms with E-state index in [4.69, 9.17) is 0 Å². The smallest absolute Gasteiger partial charge is 0.203 e. The Balaban J connectivity index is 2.19. The van der Waals surface area contributed by atoms with E-state index in [1.54, 1.807) is 11.3 Å². The molecule has 1 N–H and O–H groups in total. The maximum atomic E-state index is 4.57. The minimum absolute atomic E-state index is 0.343. The highest BCUT2D eigenvalue weighted by Gasteiger charge is 2.14. The molecule has 0 spiro atoms. The van der Waals surface area contributed by atoms with Crippen LogP contribution in [0.5, 0.6) is 0 Å². The van der Waals surface area contributed by atoms with Gasteiger partial charge >= 0.3 is 0 Å². The summed E-state index contributed by atoms with van der Waals surface area (Å²) in [6.07, 6.45) is 6.21. The zero-order chi connectivity index (χ0) is 13.7. The van der Waals surface area contributed by atoms with Gasteiger partial charge in [0, 0.05) is 17.6 Å². The quantitative estimate of drug-likeness (QED) is 0.759. The average molecular weight is 275 g/mol. The van der Waals surface area contributed by atoms with E-state index in [-0.39, 0.29) is 0 Å². The van der Waals surface area contributed by atoms with Gasteiger partial charge in [-0.3, -0.25) is 0 Å². The molecule has 0 saturated heterocycles. The van der Waals surface area contributed by atoms with Crippen LogP contribution in [0.3, 0.4) is 0 Å². The summed E-state index contributed by atoms with van der Waals surface area (Å²) in [6, 6.07) is 4.63. The molecule has 4 heteroatoms. The van der Waals surface area contributed by atoms with Crippen molar-refractivity contribution in [2.75, 3.05) is 5.32 Å². The molecule has 3 nitrogen and oxygen atoms in total. The minimum atomic E-state index is 0.343. The summed E-state index contributed by atoms with van der Waals surface area (Å²) in [5.74, 6) is 0.934. The van der Waals surface area contributed by atoms with Crippen molar-refractivity contribution < 1.29 is 0 Å². The Morgan fingerprint density at radius 1 is 1.58 bits per heavy atom. The third-order valence-electron chi connectivity index (χ3n) is 2.99. The highest BCUT2D eigenvalue weighted by atomic mass is 32.1.